The van der Waals surface area contributed by atoms with Crippen LogP contribution in [0.2, 0.25) is 0 Å². The number of rotatable bonds is 3. The topological polar surface area (TPSA) is 41.6 Å². The van der Waals surface area contributed by atoms with Crippen LogP contribution in [0.5, 0.6) is 5.75 Å². The van der Waals surface area contributed by atoms with E-state index >= 15 is 0 Å². The molecule has 2 heterocycles. The normalized spacial score (nSPS) is 24.7. The van der Waals surface area contributed by atoms with Crippen molar-refractivity contribution in [2.45, 2.75) is 25.2 Å². The van der Waals surface area contributed by atoms with Gasteiger partial charge >= 0.3 is 0 Å². The van der Waals surface area contributed by atoms with Gasteiger partial charge in [0, 0.05) is 25.6 Å². The van der Waals surface area contributed by atoms with E-state index in [0.717, 1.165) is 51.2 Å². The Morgan fingerprint density at radius 3 is 2.68 bits per heavy atom. The fourth-order valence-electron chi connectivity index (χ4n) is 3.43. The molecule has 2 fully saturated rings. The highest BCUT2D eigenvalue weighted by molar-refractivity contribution is 5.85. The van der Waals surface area contributed by atoms with E-state index in [1.165, 1.54) is 5.56 Å². The van der Waals surface area contributed by atoms with Crippen LogP contribution in [0.15, 0.2) is 24.3 Å². The average Bonchev–Trinajstić information content (AvgIpc) is 3.05. The number of methoxy groups -OCH3 is 1. The summed E-state index contributed by atoms with van der Waals surface area (Å²) in [5, 5.41) is 3.33. The van der Waals surface area contributed by atoms with E-state index in [1.54, 1.807) is 7.11 Å². The summed E-state index contributed by atoms with van der Waals surface area (Å²) in [4.78, 5) is 14.6. The van der Waals surface area contributed by atoms with Gasteiger partial charge in [0.25, 0.3) is 0 Å². The van der Waals surface area contributed by atoms with E-state index < -0.39 is 0 Å². The molecule has 4 nitrogen and oxygen atoms in total. The Morgan fingerprint density at radius 2 is 2.05 bits per heavy atom. The SMILES string of the molecule is COc1ccc(C2CCN(C(=O)C3CCCNC3)C2)cc1.Cl. The van der Waals surface area contributed by atoms with Gasteiger partial charge in [0.2, 0.25) is 5.91 Å². The van der Waals surface area contributed by atoms with Crippen molar-refractivity contribution >= 4 is 18.3 Å². The lowest BCUT2D eigenvalue weighted by molar-refractivity contribution is -0.135. The maximum atomic E-state index is 12.5. The number of nitrogens with one attached hydrogen (secondary N) is 1. The van der Waals surface area contributed by atoms with Crippen LogP contribution in [0.25, 0.3) is 0 Å². The minimum absolute atomic E-state index is 0. The number of benzene rings is 1. The second-order valence-electron chi connectivity index (χ2n) is 6.09. The first-order valence-electron chi connectivity index (χ1n) is 7.91. The molecule has 122 valence electrons. The highest BCUT2D eigenvalue weighted by Gasteiger charge is 2.31. The summed E-state index contributed by atoms with van der Waals surface area (Å²) in [6, 6.07) is 8.26. The van der Waals surface area contributed by atoms with Gasteiger partial charge in [0.1, 0.15) is 5.75 Å². The van der Waals surface area contributed by atoms with E-state index in [0.29, 0.717) is 11.8 Å². The molecule has 0 aromatic heterocycles. The zero-order valence-electron chi connectivity index (χ0n) is 13.1. The van der Waals surface area contributed by atoms with Crippen LogP contribution in [0.3, 0.4) is 0 Å². The smallest absolute Gasteiger partial charge is 0.226 e. The Balaban J connectivity index is 0.00000176. The molecule has 2 unspecified atom stereocenters. The van der Waals surface area contributed by atoms with Crippen LogP contribution in [-0.2, 0) is 4.79 Å². The van der Waals surface area contributed by atoms with Crippen molar-refractivity contribution < 1.29 is 9.53 Å². The zero-order chi connectivity index (χ0) is 14.7. The average molecular weight is 325 g/mol. The maximum Gasteiger partial charge on any atom is 0.226 e. The Labute approximate surface area is 138 Å². The molecular formula is C17H25ClN2O2. The molecule has 1 N–H and O–H groups in total. The zero-order valence-corrected chi connectivity index (χ0v) is 13.9. The largest absolute Gasteiger partial charge is 0.497 e. The van der Waals surface area contributed by atoms with E-state index in [9.17, 15) is 4.79 Å². The summed E-state index contributed by atoms with van der Waals surface area (Å²) >= 11 is 0. The lowest BCUT2D eigenvalue weighted by Crippen LogP contribution is -2.42. The number of hydrogen-bond acceptors (Lipinski definition) is 3. The molecule has 1 aromatic rings. The van der Waals surface area contributed by atoms with Crippen molar-refractivity contribution in [2.24, 2.45) is 5.92 Å². The molecular weight excluding hydrogens is 300 g/mol. The van der Waals surface area contributed by atoms with Crippen molar-refractivity contribution in [1.29, 1.82) is 0 Å². The van der Waals surface area contributed by atoms with Gasteiger partial charge in [0.15, 0.2) is 0 Å². The summed E-state index contributed by atoms with van der Waals surface area (Å²) in [5.74, 6) is 1.89. The van der Waals surface area contributed by atoms with Crippen LogP contribution >= 0.6 is 12.4 Å². The molecule has 2 atom stereocenters. The molecule has 1 amide bonds. The van der Waals surface area contributed by atoms with Gasteiger partial charge in [-0.2, -0.15) is 0 Å². The van der Waals surface area contributed by atoms with Crippen molar-refractivity contribution in [3.63, 3.8) is 0 Å². The second-order valence-corrected chi connectivity index (χ2v) is 6.09. The minimum atomic E-state index is 0. The number of likely N-dealkylation sites (tertiary alicyclic amines) is 1. The van der Waals surface area contributed by atoms with Gasteiger partial charge in [0.05, 0.1) is 13.0 Å². The number of piperidine rings is 1. The predicted molar refractivity (Wildman–Crippen MR) is 89.8 cm³/mol. The summed E-state index contributed by atoms with van der Waals surface area (Å²) in [6.07, 6.45) is 3.22. The van der Waals surface area contributed by atoms with Crippen molar-refractivity contribution in [3.8, 4) is 5.75 Å². The molecule has 0 spiro atoms. The minimum Gasteiger partial charge on any atom is -0.497 e. The number of carbonyl (C=O) groups excluding carboxylic acids is 1. The highest BCUT2D eigenvalue weighted by Crippen LogP contribution is 2.29. The third kappa shape index (κ3) is 3.73. The Kier molecular flexibility index (Phi) is 6.09. The van der Waals surface area contributed by atoms with Crippen LogP contribution in [0, 0.1) is 5.92 Å². The second kappa shape index (κ2) is 7.84. The molecule has 5 heteroatoms. The first-order chi connectivity index (χ1) is 10.3. The molecule has 0 bridgehead atoms. The monoisotopic (exact) mass is 324 g/mol. The summed E-state index contributed by atoms with van der Waals surface area (Å²) in [7, 11) is 1.68. The fourth-order valence-corrected chi connectivity index (χ4v) is 3.43. The molecule has 0 aliphatic carbocycles. The van der Waals surface area contributed by atoms with Crippen molar-refractivity contribution in [3.05, 3.63) is 29.8 Å². The standard InChI is InChI=1S/C17H24N2O2.ClH/c1-21-16-6-4-13(5-7-16)15-8-10-19(12-15)17(20)14-3-2-9-18-11-14;/h4-7,14-15,18H,2-3,8-12H2,1H3;1H. The Bertz CT molecular complexity index is 486. The van der Waals surface area contributed by atoms with Crippen molar-refractivity contribution in [1.82, 2.24) is 10.2 Å². The molecule has 22 heavy (non-hydrogen) atoms. The maximum absolute atomic E-state index is 12.5. The lowest BCUT2D eigenvalue weighted by Gasteiger charge is -2.27. The third-order valence-corrected chi connectivity index (χ3v) is 4.73. The van der Waals surface area contributed by atoms with Crippen LogP contribution in [0.4, 0.5) is 0 Å². The van der Waals surface area contributed by atoms with E-state index in [2.05, 4.69) is 22.3 Å². The van der Waals surface area contributed by atoms with Gasteiger partial charge in [-0.1, -0.05) is 12.1 Å². The van der Waals surface area contributed by atoms with Gasteiger partial charge in [-0.25, -0.2) is 0 Å². The molecule has 0 saturated carbocycles. The molecule has 0 radical (unpaired) electrons. The van der Waals surface area contributed by atoms with E-state index in [1.807, 2.05) is 12.1 Å². The Hall–Kier alpha value is -1.26. The Morgan fingerprint density at radius 1 is 1.27 bits per heavy atom. The molecule has 1 aromatic carbocycles. The van der Waals surface area contributed by atoms with Crippen molar-refractivity contribution in [2.75, 3.05) is 33.3 Å². The molecule has 2 aliphatic rings. The number of carbonyl (C=O) groups is 1. The summed E-state index contributed by atoms with van der Waals surface area (Å²) in [5.41, 5.74) is 1.31. The van der Waals surface area contributed by atoms with Gasteiger partial charge in [-0.15, -0.1) is 12.4 Å². The number of halogens is 1. The fraction of sp³-hybridized carbons (Fsp3) is 0.588. The van der Waals surface area contributed by atoms with E-state index in [-0.39, 0.29) is 18.3 Å². The summed E-state index contributed by atoms with van der Waals surface area (Å²) < 4.78 is 5.20. The van der Waals surface area contributed by atoms with Crippen LogP contribution in [0.1, 0.15) is 30.7 Å². The quantitative estimate of drug-likeness (QED) is 0.928. The van der Waals surface area contributed by atoms with Gasteiger partial charge in [-0.3, -0.25) is 4.79 Å². The molecule has 2 saturated heterocycles. The van der Waals surface area contributed by atoms with Crippen LogP contribution < -0.4 is 10.1 Å². The first-order valence-corrected chi connectivity index (χ1v) is 7.91. The van der Waals surface area contributed by atoms with Crippen LogP contribution in [-0.4, -0.2) is 44.1 Å². The van der Waals surface area contributed by atoms with Gasteiger partial charge < -0.3 is 15.0 Å². The predicted octanol–water partition coefficient (Wildman–Crippen LogP) is 2.43. The summed E-state index contributed by atoms with van der Waals surface area (Å²) in [6.45, 7) is 3.66. The van der Waals surface area contributed by atoms with Gasteiger partial charge in [-0.05, 0) is 43.5 Å². The number of nitrogens with zero attached hydrogens (tertiary/aromatic N) is 1. The number of hydrogen-bond donors (Lipinski definition) is 1. The number of ether oxygens (including phenoxy) is 1. The number of amides is 1. The first kappa shape index (κ1) is 17.1. The molecule has 2 aliphatic heterocycles. The molecule has 3 rings (SSSR count). The highest BCUT2D eigenvalue weighted by atomic mass is 35.5. The lowest BCUT2D eigenvalue weighted by atomic mass is 9.97. The van der Waals surface area contributed by atoms with E-state index in [4.69, 9.17) is 4.74 Å². The third-order valence-electron chi connectivity index (χ3n) is 4.73.